The van der Waals surface area contributed by atoms with Gasteiger partial charge in [-0.25, -0.2) is 4.79 Å². The highest BCUT2D eigenvalue weighted by Gasteiger charge is 2.21. The number of amides is 1. The third-order valence-electron chi connectivity index (χ3n) is 2.58. The Morgan fingerprint density at radius 1 is 1.64 bits per heavy atom. The molecule has 0 aromatic carbocycles. The molecule has 1 aliphatic heterocycles. The fourth-order valence-corrected chi connectivity index (χ4v) is 1.82. The quantitative estimate of drug-likeness (QED) is 0.642. The highest BCUT2D eigenvalue weighted by molar-refractivity contribution is 5.67. The number of hydrogen-bond acceptors (Lipinski definition) is 3. The van der Waals surface area contributed by atoms with Crippen molar-refractivity contribution in [2.75, 3.05) is 20.2 Å². The monoisotopic (exact) mass is 196 g/mol. The Morgan fingerprint density at radius 2 is 2.43 bits per heavy atom. The van der Waals surface area contributed by atoms with Gasteiger partial charge in [0.2, 0.25) is 0 Å². The molecule has 1 atom stereocenters. The molecule has 1 aliphatic rings. The number of likely N-dealkylation sites (tertiary alicyclic amines) is 1. The zero-order chi connectivity index (χ0) is 10.4. The largest absolute Gasteiger partial charge is 0.453 e. The fraction of sp³-hybridized carbons (Fsp3) is 0.800. The molecule has 4 nitrogen and oxygen atoms in total. The molecule has 0 N–H and O–H groups in total. The van der Waals surface area contributed by atoms with Gasteiger partial charge in [0.1, 0.15) is 0 Å². The second-order valence-corrected chi connectivity index (χ2v) is 3.64. The molecule has 1 amide bonds. The number of hydrogen-bond donors (Lipinski definition) is 0. The normalized spacial score (nSPS) is 22.3. The number of ether oxygens (including phenoxy) is 1. The van der Waals surface area contributed by atoms with Crippen LogP contribution in [-0.2, 0) is 4.74 Å². The van der Waals surface area contributed by atoms with E-state index in [1.165, 1.54) is 7.11 Å². The van der Waals surface area contributed by atoms with Gasteiger partial charge in [0.15, 0.2) is 0 Å². The molecule has 4 heteroatoms. The molecule has 0 aromatic heterocycles. The zero-order valence-corrected chi connectivity index (χ0v) is 8.53. The number of carbonyl (C=O) groups is 1. The first-order valence-corrected chi connectivity index (χ1v) is 4.97. The minimum absolute atomic E-state index is 0.269. The van der Waals surface area contributed by atoms with Gasteiger partial charge in [0.05, 0.1) is 13.2 Å². The van der Waals surface area contributed by atoms with E-state index in [0.29, 0.717) is 18.9 Å². The van der Waals surface area contributed by atoms with Gasteiger partial charge in [0.25, 0.3) is 0 Å². The molecule has 1 fully saturated rings. The van der Waals surface area contributed by atoms with E-state index in [4.69, 9.17) is 5.26 Å². The molecule has 0 spiro atoms. The van der Waals surface area contributed by atoms with Crippen LogP contribution in [0.4, 0.5) is 4.79 Å². The van der Waals surface area contributed by atoms with E-state index in [0.717, 1.165) is 25.8 Å². The second-order valence-electron chi connectivity index (χ2n) is 3.64. The average Bonchev–Trinajstić information content (AvgIpc) is 2.43. The van der Waals surface area contributed by atoms with Crippen LogP contribution in [0, 0.1) is 17.2 Å². The van der Waals surface area contributed by atoms with Gasteiger partial charge < -0.3 is 9.64 Å². The van der Waals surface area contributed by atoms with Crippen LogP contribution < -0.4 is 0 Å². The molecule has 1 rings (SSSR count). The lowest BCUT2D eigenvalue weighted by molar-refractivity contribution is 0.120. The van der Waals surface area contributed by atoms with Gasteiger partial charge in [-0.3, -0.25) is 0 Å². The van der Waals surface area contributed by atoms with Crippen LogP contribution in [0.3, 0.4) is 0 Å². The fourth-order valence-electron chi connectivity index (χ4n) is 1.82. The lowest BCUT2D eigenvalue weighted by atomic mass is 10.0. The van der Waals surface area contributed by atoms with Crippen LogP contribution in [0.2, 0.25) is 0 Å². The molecule has 0 aliphatic carbocycles. The molecule has 1 saturated heterocycles. The highest BCUT2D eigenvalue weighted by Crippen LogP contribution is 2.19. The Bertz CT molecular complexity index is 235. The molecular weight excluding hydrogens is 180 g/mol. The van der Waals surface area contributed by atoms with Crippen molar-refractivity contribution in [3.05, 3.63) is 0 Å². The topological polar surface area (TPSA) is 53.3 Å². The molecule has 14 heavy (non-hydrogen) atoms. The van der Waals surface area contributed by atoms with Crippen LogP contribution in [0.1, 0.15) is 25.7 Å². The van der Waals surface area contributed by atoms with Gasteiger partial charge in [0, 0.05) is 19.5 Å². The van der Waals surface area contributed by atoms with E-state index in [1.54, 1.807) is 4.90 Å². The van der Waals surface area contributed by atoms with E-state index in [-0.39, 0.29) is 6.09 Å². The third-order valence-corrected chi connectivity index (χ3v) is 2.58. The number of nitriles is 1. The molecule has 0 saturated carbocycles. The maximum atomic E-state index is 11.3. The maximum absolute atomic E-state index is 11.3. The van der Waals surface area contributed by atoms with Gasteiger partial charge in [-0.15, -0.1) is 0 Å². The molecule has 0 aromatic rings. The van der Waals surface area contributed by atoms with Crippen molar-refractivity contribution in [1.82, 2.24) is 4.90 Å². The van der Waals surface area contributed by atoms with Crippen molar-refractivity contribution in [2.45, 2.75) is 25.7 Å². The van der Waals surface area contributed by atoms with Crippen molar-refractivity contribution >= 4 is 6.09 Å². The van der Waals surface area contributed by atoms with Crippen molar-refractivity contribution < 1.29 is 9.53 Å². The lowest BCUT2D eigenvalue weighted by Crippen LogP contribution is -2.34. The Balaban J connectivity index is 2.51. The van der Waals surface area contributed by atoms with E-state index < -0.39 is 0 Å². The van der Waals surface area contributed by atoms with Gasteiger partial charge >= 0.3 is 6.09 Å². The van der Waals surface area contributed by atoms with E-state index in [2.05, 4.69) is 10.8 Å². The Labute approximate surface area is 84.4 Å². The predicted octanol–water partition coefficient (Wildman–Crippen LogP) is 1.77. The summed E-state index contributed by atoms with van der Waals surface area (Å²) in [5, 5.41) is 8.61. The van der Waals surface area contributed by atoms with Crippen LogP contribution in [-0.4, -0.2) is 31.2 Å². The Kier molecular flexibility index (Phi) is 4.24. The number of rotatable bonds is 1. The smallest absolute Gasteiger partial charge is 0.409 e. The number of nitrogens with zero attached hydrogens (tertiary/aromatic N) is 2. The zero-order valence-electron chi connectivity index (χ0n) is 8.53. The van der Waals surface area contributed by atoms with Crippen molar-refractivity contribution in [1.29, 1.82) is 5.26 Å². The Morgan fingerprint density at radius 3 is 3.07 bits per heavy atom. The summed E-state index contributed by atoms with van der Waals surface area (Å²) in [6.45, 7) is 1.43. The average molecular weight is 196 g/mol. The number of methoxy groups -OCH3 is 1. The van der Waals surface area contributed by atoms with Gasteiger partial charge in [-0.2, -0.15) is 5.26 Å². The summed E-state index contributed by atoms with van der Waals surface area (Å²) >= 11 is 0. The summed E-state index contributed by atoms with van der Waals surface area (Å²) in [6.07, 6.45) is 3.42. The first kappa shape index (κ1) is 10.8. The van der Waals surface area contributed by atoms with Gasteiger partial charge in [-0.1, -0.05) is 6.42 Å². The molecular formula is C10H16N2O2. The SMILES string of the molecule is COC(=O)N1CCCCC(CC#N)C1. The van der Waals surface area contributed by atoms with Crippen LogP contribution in [0.25, 0.3) is 0 Å². The van der Waals surface area contributed by atoms with Crippen molar-refractivity contribution in [2.24, 2.45) is 5.92 Å². The van der Waals surface area contributed by atoms with Crippen LogP contribution >= 0.6 is 0 Å². The minimum Gasteiger partial charge on any atom is -0.453 e. The summed E-state index contributed by atoms with van der Waals surface area (Å²) in [5.41, 5.74) is 0. The van der Waals surface area contributed by atoms with E-state index in [9.17, 15) is 4.79 Å². The standard InChI is InChI=1S/C10H16N2O2/c1-14-10(13)12-7-3-2-4-9(8-12)5-6-11/h9H,2-5,7-8H2,1H3. The van der Waals surface area contributed by atoms with E-state index >= 15 is 0 Å². The molecule has 0 bridgehead atoms. The first-order chi connectivity index (χ1) is 6.77. The van der Waals surface area contributed by atoms with E-state index in [1.807, 2.05) is 0 Å². The summed E-state index contributed by atoms with van der Waals surface area (Å²) in [5.74, 6) is 0.321. The maximum Gasteiger partial charge on any atom is 0.409 e. The molecule has 1 unspecified atom stereocenters. The van der Waals surface area contributed by atoms with Crippen molar-refractivity contribution in [3.63, 3.8) is 0 Å². The molecule has 1 heterocycles. The third kappa shape index (κ3) is 2.91. The lowest BCUT2D eigenvalue weighted by Gasteiger charge is -2.21. The van der Waals surface area contributed by atoms with Crippen LogP contribution in [0.15, 0.2) is 0 Å². The first-order valence-electron chi connectivity index (χ1n) is 4.97. The van der Waals surface area contributed by atoms with Gasteiger partial charge in [-0.05, 0) is 18.8 Å². The summed E-state index contributed by atoms with van der Waals surface area (Å²) in [4.78, 5) is 13.0. The summed E-state index contributed by atoms with van der Waals surface area (Å²) in [7, 11) is 1.40. The highest BCUT2D eigenvalue weighted by atomic mass is 16.5. The second kappa shape index (κ2) is 5.48. The van der Waals surface area contributed by atoms with Crippen LogP contribution in [0.5, 0.6) is 0 Å². The summed E-state index contributed by atoms with van der Waals surface area (Å²) in [6, 6.07) is 2.16. The van der Waals surface area contributed by atoms with Crippen molar-refractivity contribution in [3.8, 4) is 6.07 Å². The number of carbonyl (C=O) groups excluding carboxylic acids is 1. The Hall–Kier alpha value is -1.24. The molecule has 0 radical (unpaired) electrons. The molecule has 78 valence electrons. The predicted molar refractivity (Wildman–Crippen MR) is 51.5 cm³/mol. The minimum atomic E-state index is -0.269. The summed E-state index contributed by atoms with van der Waals surface area (Å²) < 4.78 is 4.68.